The SMILES string of the molecule is COc1ccc(N=Nc2c(-c3ccc(OC)nc3)[nH][nH]c2=O)cc1. The lowest BCUT2D eigenvalue weighted by atomic mass is 10.2. The third-order valence-electron chi connectivity index (χ3n) is 3.32. The van der Waals surface area contributed by atoms with Gasteiger partial charge in [-0.1, -0.05) is 0 Å². The molecule has 0 spiro atoms. The summed E-state index contributed by atoms with van der Waals surface area (Å²) in [5, 5.41) is 13.4. The van der Waals surface area contributed by atoms with E-state index >= 15 is 0 Å². The van der Waals surface area contributed by atoms with Gasteiger partial charge in [-0.25, -0.2) is 4.98 Å². The van der Waals surface area contributed by atoms with E-state index in [1.165, 1.54) is 7.11 Å². The second kappa shape index (κ2) is 6.78. The van der Waals surface area contributed by atoms with Crippen LogP contribution in [0.1, 0.15) is 0 Å². The number of aromatic amines is 2. The van der Waals surface area contributed by atoms with Crippen LogP contribution in [0.3, 0.4) is 0 Å². The molecule has 0 saturated heterocycles. The molecule has 2 aromatic heterocycles. The number of ether oxygens (including phenoxy) is 2. The van der Waals surface area contributed by atoms with Gasteiger partial charge in [-0.3, -0.25) is 15.0 Å². The maximum Gasteiger partial charge on any atom is 0.292 e. The van der Waals surface area contributed by atoms with Crippen LogP contribution < -0.4 is 15.0 Å². The molecule has 0 unspecified atom stereocenters. The Morgan fingerprint density at radius 1 is 0.958 bits per heavy atom. The van der Waals surface area contributed by atoms with Crippen molar-refractivity contribution in [2.45, 2.75) is 0 Å². The molecule has 0 radical (unpaired) electrons. The number of aromatic nitrogens is 3. The van der Waals surface area contributed by atoms with E-state index in [2.05, 4.69) is 25.4 Å². The summed E-state index contributed by atoms with van der Waals surface area (Å²) in [5.41, 5.74) is 1.62. The van der Waals surface area contributed by atoms with E-state index in [4.69, 9.17) is 9.47 Å². The lowest BCUT2D eigenvalue weighted by Crippen LogP contribution is -1.96. The van der Waals surface area contributed by atoms with E-state index in [0.29, 0.717) is 22.8 Å². The molecule has 0 aliphatic rings. The Labute approximate surface area is 137 Å². The third-order valence-corrected chi connectivity index (χ3v) is 3.32. The zero-order chi connectivity index (χ0) is 16.9. The summed E-state index contributed by atoms with van der Waals surface area (Å²) < 4.78 is 10.1. The smallest absolute Gasteiger partial charge is 0.292 e. The summed E-state index contributed by atoms with van der Waals surface area (Å²) in [4.78, 5) is 16.1. The number of H-pyrrole nitrogens is 2. The Balaban J connectivity index is 1.91. The third kappa shape index (κ3) is 3.17. The van der Waals surface area contributed by atoms with Gasteiger partial charge in [0, 0.05) is 17.8 Å². The van der Waals surface area contributed by atoms with E-state index in [9.17, 15) is 4.79 Å². The second-order valence-corrected chi connectivity index (χ2v) is 4.79. The number of methoxy groups -OCH3 is 2. The minimum absolute atomic E-state index is 0.179. The van der Waals surface area contributed by atoms with E-state index in [0.717, 1.165) is 5.75 Å². The van der Waals surface area contributed by atoms with Crippen LogP contribution in [0.15, 0.2) is 57.6 Å². The van der Waals surface area contributed by atoms with Gasteiger partial charge in [0.2, 0.25) is 5.88 Å². The topological polar surface area (TPSA) is 105 Å². The summed E-state index contributed by atoms with van der Waals surface area (Å²) in [7, 11) is 3.12. The highest BCUT2D eigenvalue weighted by Gasteiger charge is 2.12. The Bertz CT molecular complexity index is 895. The Morgan fingerprint density at radius 2 is 1.75 bits per heavy atom. The minimum Gasteiger partial charge on any atom is -0.497 e. The van der Waals surface area contributed by atoms with Gasteiger partial charge in [-0.2, -0.15) is 5.11 Å². The van der Waals surface area contributed by atoms with Crippen LogP contribution in [-0.2, 0) is 0 Å². The van der Waals surface area contributed by atoms with E-state index < -0.39 is 0 Å². The van der Waals surface area contributed by atoms with Gasteiger partial charge >= 0.3 is 0 Å². The number of nitrogens with one attached hydrogen (secondary N) is 2. The van der Waals surface area contributed by atoms with Gasteiger partial charge in [0.1, 0.15) is 5.75 Å². The number of hydrogen-bond donors (Lipinski definition) is 2. The van der Waals surface area contributed by atoms with Crippen molar-refractivity contribution in [2.75, 3.05) is 14.2 Å². The first-order chi connectivity index (χ1) is 11.7. The van der Waals surface area contributed by atoms with Crippen LogP contribution in [0.5, 0.6) is 11.6 Å². The summed E-state index contributed by atoms with van der Waals surface area (Å²) in [6.45, 7) is 0. The Morgan fingerprint density at radius 3 is 2.38 bits per heavy atom. The van der Waals surface area contributed by atoms with Gasteiger partial charge in [-0.15, -0.1) is 5.11 Å². The van der Waals surface area contributed by atoms with E-state index in [1.54, 1.807) is 49.7 Å². The number of benzene rings is 1. The van der Waals surface area contributed by atoms with Crippen molar-refractivity contribution in [3.63, 3.8) is 0 Å². The highest BCUT2D eigenvalue weighted by Crippen LogP contribution is 2.27. The summed E-state index contributed by atoms with van der Waals surface area (Å²) >= 11 is 0. The summed E-state index contributed by atoms with van der Waals surface area (Å²) in [5.74, 6) is 1.21. The second-order valence-electron chi connectivity index (χ2n) is 4.79. The van der Waals surface area contributed by atoms with Gasteiger partial charge in [-0.05, 0) is 30.3 Å². The van der Waals surface area contributed by atoms with E-state index in [1.807, 2.05) is 0 Å². The predicted octanol–water partition coefficient (Wildman–Crippen LogP) is 3.20. The van der Waals surface area contributed by atoms with Gasteiger partial charge < -0.3 is 9.47 Å². The highest BCUT2D eigenvalue weighted by molar-refractivity contribution is 5.70. The largest absolute Gasteiger partial charge is 0.497 e. The van der Waals surface area contributed by atoms with Crippen molar-refractivity contribution in [1.29, 1.82) is 0 Å². The average molecular weight is 325 g/mol. The monoisotopic (exact) mass is 325 g/mol. The first-order valence-electron chi connectivity index (χ1n) is 7.08. The molecule has 3 rings (SSSR count). The first kappa shape index (κ1) is 15.5. The number of hydrogen-bond acceptors (Lipinski definition) is 6. The molecule has 8 heteroatoms. The number of azo groups is 1. The molecule has 8 nitrogen and oxygen atoms in total. The molecule has 1 aromatic carbocycles. The fourth-order valence-corrected chi connectivity index (χ4v) is 2.06. The minimum atomic E-state index is -0.363. The van der Waals surface area contributed by atoms with Crippen LogP contribution in [0.2, 0.25) is 0 Å². The van der Waals surface area contributed by atoms with Crippen LogP contribution >= 0.6 is 0 Å². The summed E-state index contributed by atoms with van der Waals surface area (Å²) in [6, 6.07) is 10.5. The first-order valence-corrected chi connectivity index (χ1v) is 7.08. The molecule has 0 amide bonds. The van der Waals surface area contributed by atoms with Gasteiger partial charge in [0.15, 0.2) is 5.69 Å². The number of nitrogens with zero attached hydrogens (tertiary/aromatic N) is 3. The molecule has 2 heterocycles. The molecule has 24 heavy (non-hydrogen) atoms. The van der Waals surface area contributed by atoms with Crippen molar-refractivity contribution in [2.24, 2.45) is 10.2 Å². The maximum atomic E-state index is 12.0. The van der Waals surface area contributed by atoms with Crippen molar-refractivity contribution in [3.8, 4) is 22.9 Å². The lowest BCUT2D eigenvalue weighted by molar-refractivity contribution is 0.398. The molecule has 122 valence electrons. The fourth-order valence-electron chi connectivity index (χ4n) is 2.06. The molecular formula is C16H15N5O3. The van der Waals surface area contributed by atoms with E-state index in [-0.39, 0.29) is 11.2 Å². The Hall–Kier alpha value is -3.42. The summed E-state index contributed by atoms with van der Waals surface area (Å²) in [6.07, 6.45) is 1.59. The van der Waals surface area contributed by atoms with Gasteiger partial charge in [0.25, 0.3) is 5.56 Å². The van der Waals surface area contributed by atoms with Crippen LogP contribution in [0.4, 0.5) is 11.4 Å². The molecule has 0 aliphatic carbocycles. The van der Waals surface area contributed by atoms with Crippen LogP contribution in [-0.4, -0.2) is 29.4 Å². The normalized spacial score (nSPS) is 10.9. The quantitative estimate of drug-likeness (QED) is 0.703. The molecule has 3 aromatic rings. The zero-order valence-electron chi connectivity index (χ0n) is 13.1. The molecule has 0 aliphatic heterocycles. The van der Waals surface area contributed by atoms with Crippen molar-refractivity contribution < 1.29 is 9.47 Å². The average Bonchev–Trinajstić information content (AvgIpc) is 3.01. The van der Waals surface area contributed by atoms with Crippen molar-refractivity contribution in [3.05, 3.63) is 52.9 Å². The molecular weight excluding hydrogens is 310 g/mol. The van der Waals surface area contributed by atoms with Crippen LogP contribution in [0.25, 0.3) is 11.3 Å². The van der Waals surface area contributed by atoms with Crippen LogP contribution in [0, 0.1) is 0 Å². The molecule has 0 bridgehead atoms. The number of rotatable bonds is 5. The molecule has 2 N–H and O–H groups in total. The maximum absolute atomic E-state index is 12.0. The number of pyridine rings is 1. The molecule has 0 fully saturated rings. The molecule has 0 atom stereocenters. The standard InChI is InChI=1S/C16H15N5O3/c1-23-12-6-4-11(5-7-12)18-20-15-14(19-21-16(15)22)10-3-8-13(24-2)17-9-10/h3-9H,1-2H3,(H2,19,21,22). The zero-order valence-corrected chi connectivity index (χ0v) is 13.1. The van der Waals surface area contributed by atoms with Gasteiger partial charge in [0.05, 0.1) is 25.6 Å². The fraction of sp³-hybridized carbons (Fsp3) is 0.125. The highest BCUT2D eigenvalue weighted by atomic mass is 16.5. The molecule has 0 saturated carbocycles. The Kier molecular flexibility index (Phi) is 4.37. The lowest BCUT2D eigenvalue weighted by Gasteiger charge is -2.01. The predicted molar refractivity (Wildman–Crippen MR) is 88.4 cm³/mol. The van der Waals surface area contributed by atoms with Crippen molar-refractivity contribution in [1.82, 2.24) is 15.2 Å². The van der Waals surface area contributed by atoms with Crippen molar-refractivity contribution >= 4 is 11.4 Å².